The van der Waals surface area contributed by atoms with Crippen molar-refractivity contribution in [1.82, 2.24) is 9.97 Å². The van der Waals surface area contributed by atoms with E-state index >= 15 is 0 Å². The third kappa shape index (κ3) is 3.23. The fourth-order valence-electron chi connectivity index (χ4n) is 2.73. The van der Waals surface area contributed by atoms with Crippen LogP contribution in [0.5, 0.6) is 0 Å². The number of rotatable bonds is 5. The number of hydrogen-bond acceptors (Lipinski definition) is 5. The van der Waals surface area contributed by atoms with Crippen LogP contribution in [0.1, 0.15) is 35.3 Å². The van der Waals surface area contributed by atoms with E-state index < -0.39 is 0 Å². The lowest BCUT2D eigenvalue weighted by molar-refractivity contribution is -0.118. The summed E-state index contributed by atoms with van der Waals surface area (Å²) in [6.45, 7) is 6.19. The van der Waals surface area contributed by atoms with Crippen molar-refractivity contribution in [2.75, 3.05) is 5.32 Å². The quantitative estimate of drug-likeness (QED) is 0.735. The van der Waals surface area contributed by atoms with Crippen molar-refractivity contribution in [3.05, 3.63) is 46.6 Å². The Morgan fingerprint density at radius 3 is 2.62 bits per heavy atom. The van der Waals surface area contributed by atoms with Crippen LogP contribution in [0, 0.1) is 13.8 Å². The number of amides is 1. The minimum absolute atomic E-state index is 0.115. The van der Waals surface area contributed by atoms with E-state index in [9.17, 15) is 4.79 Å². The van der Waals surface area contributed by atoms with E-state index in [1.54, 1.807) is 17.7 Å². The lowest BCUT2D eigenvalue weighted by Gasteiger charge is -2.12. The van der Waals surface area contributed by atoms with E-state index in [-0.39, 0.29) is 11.8 Å². The highest BCUT2D eigenvalue weighted by molar-refractivity contribution is 7.18. The first-order valence-electron chi connectivity index (χ1n) is 7.81. The Morgan fingerprint density at radius 2 is 1.96 bits per heavy atom. The third-order valence-electron chi connectivity index (χ3n) is 4.22. The highest BCUT2D eigenvalue weighted by Gasteiger charge is 2.13. The molecular formula is C18H20N4OS. The van der Waals surface area contributed by atoms with Gasteiger partial charge in [-0.3, -0.25) is 4.79 Å². The number of nitrogens with two attached hydrogens (primary N) is 1. The number of fused-ring (bicyclic) bond motifs is 1. The predicted molar refractivity (Wildman–Crippen MR) is 98.8 cm³/mol. The van der Waals surface area contributed by atoms with Crippen LogP contribution < -0.4 is 11.1 Å². The number of hydrogen-bond donors (Lipinski definition) is 2. The van der Waals surface area contributed by atoms with Crippen LogP contribution in [0.4, 0.5) is 11.5 Å². The Hall–Kier alpha value is -2.47. The van der Waals surface area contributed by atoms with Gasteiger partial charge in [-0.1, -0.05) is 19.1 Å². The molecule has 24 heavy (non-hydrogen) atoms. The van der Waals surface area contributed by atoms with Crippen LogP contribution in [-0.2, 0) is 4.79 Å². The van der Waals surface area contributed by atoms with Gasteiger partial charge >= 0.3 is 0 Å². The number of benzene rings is 1. The van der Waals surface area contributed by atoms with Gasteiger partial charge in [0.15, 0.2) is 0 Å². The molecule has 3 N–H and O–H groups in total. The minimum atomic E-state index is -0.281. The molecule has 6 heteroatoms. The molecule has 0 aliphatic rings. The van der Waals surface area contributed by atoms with Crippen LogP contribution in [0.3, 0.4) is 0 Å². The van der Waals surface area contributed by atoms with Gasteiger partial charge in [0.1, 0.15) is 17.0 Å². The van der Waals surface area contributed by atoms with Gasteiger partial charge in [-0.15, -0.1) is 11.3 Å². The zero-order valence-corrected chi connectivity index (χ0v) is 14.8. The Balaban J connectivity index is 1.86. The van der Waals surface area contributed by atoms with Crippen LogP contribution in [0.25, 0.3) is 10.2 Å². The molecule has 0 fully saturated rings. The molecule has 3 aromatic rings. The molecule has 1 unspecified atom stereocenters. The second-order valence-corrected chi connectivity index (χ2v) is 7.21. The number of thiophene rings is 1. The van der Waals surface area contributed by atoms with Gasteiger partial charge in [0.2, 0.25) is 5.91 Å². The van der Waals surface area contributed by atoms with Crippen molar-refractivity contribution in [3.8, 4) is 0 Å². The van der Waals surface area contributed by atoms with E-state index in [1.807, 2.05) is 31.2 Å². The normalized spacial score (nSPS) is 12.3. The maximum atomic E-state index is 11.0. The lowest BCUT2D eigenvalue weighted by atomic mass is 9.97. The van der Waals surface area contributed by atoms with Crippen molar-refractivity contribution in [2.45, 2.75) is 33.1 Å². The number of aromatic nitrogens is 2. The van der Waals surface area contributed by atoms with E-state index in [2.05, 4.69) is 29.1 Å². The van der Waals surface area contributed by atoms with Crippen molar-refractivity contribution >= 4 is 39.0 Å². The molecule has 2 aromatic heterocycles. The number of nitrogens with one attached hydrogen (secondary N) is 1. The van der Waals surface area contributed by atoms with Gasteiger partial charge in [0.25, 0.3) is 0 Å². The number of carbonyl (C=O) groups excluding carboxylic acids is 1. The molecule has 0 aliphatic carbocycles. The first-order chi connectivity index (χ1) is 11.5. The Kier molecular flexibility index (Phi) is 4.49. The first-order valence-corrected chi connectivity index (χ1v) is 8.63. The van der Waals surface area contributed by atoms with Crippen molar-refractivity contribution in [2.24, 2.45) is 5.73 Å². The topological polar surface area (TPSA) is 80.9 Å². The molecule has 0 radical (unpaired) electrons. The summed E-state index contributed by atoms with van der Waals surface area (Å²) < 4.78 is 0. The highest BCUT2D eigenvalue weighted by Crippen LogP contribution is 2.33. The largest absolute Gasteiger partial charge is 0.370 e. The summed E-state index contributed by atoms with van der Waals surface area (Å²) in [6.07, 6.45) is 1.94. The molecule has 0 spiro atoms. The summed E-state index contributed by atoms with van der Waals surface area (Å²) in [5.74, 6) is 0.653. The van der Waals surface area contributed by atoms with E-state index in [4.69, 9.17) is 5.73 Å². The van der Waals surface area contributed by atoms with Crippen LogP contribution in [0.2, 0.25) is 0 Å². The van der Waals surface area contributed by atoms with Crippen molar-refractivity contribution in [1.29, 1.82) is 0 Å². The van der Waals surface area contributed by atoms with Gasteiger partial charge < -0.3 is 11.1 Å². The molecule has 1 atom stereocenters. The van der Waals surface area contributed by atoms with Crippen LogP contribution >= 0.6 is 11.3 Å². The molecule has 0 aliphatic heterocycles. The lowest BCUT2D eigenvalue weighted by Crippen LogP contribution is -2.13. The van der Waals surface area contributed by atoms with Gasteiger partial charge in [-0.05, 0) is 43.0 Å². The Bertz CT molecular complexity index is 886. The second kappa shape index (κ2) is 6.57. The summed E-state index contributed by atoms with van der Waals surface area (Å²) >= 11 is 1.68. The van der Waals surface area contributed by atoms with Crippen molar-refractivity contribution < 1.29 is 4.79 Å². The fourth-order valence-corrected chi connectivity index (χ4v) is 3.73. The number of carbonyl (C=O) groups is 1. The van der Waals surface area contributed by atoms with Gasteiger partial charge in [-0.2, -0.15) is 0 Å². The summed E-state index contributed by atoms with van der Waals surface area (Å²) in [7, 11) is 0. The highest BCUT2D eigenvalue weighted by atomic mass is 32.1. The van der Waals surface area contributed by atoms with Gasteiger partial charge in [0, 0.05) is 17.0 Å². The van der Waals surface area contributed by atoms with E-state index in [0.717, 1.165) is 27.3 Å². The first kappa shape index (κ1) is 16.4. The monoisotopic (exact) mass is 340 g/mol. The predicted octanol–water partition coefficient (Wildman–Crippen LogP) is 4.03. The number of anilines is 2. The third-order valence-corrected chi connectivity index (χ3v) is 5.33. The molecule has 0 saturated carbocycles. The van der Waals surface area contributed by atoms with Gasteiger partial charge in [0.05, 0.1) is 5.39 Å². The molecule has 5 nitrogen and oxygen atoms in total. The fraction of sp³-hybridized carbons (Fsp3) is 0.278. The van der Waals surface area contributed by atoms with Crippen LogP contribution in [-0.4, -0.2) is 15.9 Å². The smallest absolute Gasteiger partial charge is 0.218 e. The molecular weight excluding hydrogens is 320 g/mol. The molecule has 2 heterocycles. The maximum absolute atomic E-state index is 11.0. The molecule has 3 rings (SSSR count). The summed E-state index contributed by atoms with van der Waals surface area (Å²) in [6, 6.07) is 8.02. The molecule has 0 saturated heterocycles. The zero-order chi connectivity index (χ0) is 17.3. The summed E-state index contributed by atoms with van der Waals surface area (Å²) in [5.41, 5.74) is 8.52. The second-order valence-electron chi connectivity index (χ2n) is 6.00. The maximum Gasteiger partial charge on any atom is 0.218 e. The molecule has 124 valence electrons. The zero-order valence-electron chi connectivity index (χ0n) is 14.0. The Morgan fingerprint density at radius 1 is 1.25 bits per heavy atom. The molecule has 0 bridgehead atoms. The molecule has 1 amide bonds. The standard InChI is InChI=1S/C18H20N4OS/c1-10(8-15(19)23)13-4-6-14(7-5-13)22-17-16-11(2)12(3)24-18(16)21-9-20-17/h4-7,9-10H,8H2,1-3H3,(H2,19,23)(H,20,21,22). The van der Waals surface area contributed by atoms with E-state index in [1.165, 1.54) is 10.4 Å². The van der Waals surface area contributed by atoms with Gasteiger partial charge in [-0.25, -0.2) is 9.97 Å². The average Bonchev–Trinajstić information content (AvgIpc) is 2.83. The minimum Gasteiger partial charge on any atom is -0.370 e. The number of aryl methyl sites for hydroxylation is 2. The van der Waals surface area contributed by atoms with E-state index in [0.29, 0.717) is 6.42 Å². The summed E-state index contributed by atoms with van der Waals surface area (Å²) in [4.78, 5) is 22.0. The number of nitrogens with zero attached hydrogens (tertiary/aromatic N) is 2. The van der Waals surface area contributed by atoms with Crippen LogP contribution in [0.15, 0.2) is 30.6 Å². The Labute approximate surface area is 144 Å². The SMILES string of the molecule is Cc1sc2ncnc(Nc3ccc(C(C)CC(N)=O)cc3)c2c1C. The summed E-state index contributed by atoms with van der Waals surface area (Å²) in [5, 5.41) is 4.45. The average molecular weight is 340 g/mol. The van der Waals surface area contributed by atoms with Crippen molar-refractivity contribution in [3.63, 3.8) is 0 Å². The molecule has 1 aromatic carbocycles. The number of primary amides is 1.